The normalized spacial score (nSPS) is 15.6. The van der Waals surface area contributed by atoms with Gasteiger partial charge in [0.15, 0.2) is 5.78 Å². The van der Waals surface area contributed by atoms with Crippen molar-refractivity contribution in [3.05, 3.63) is 63.6 Å². The summed E-state index contributed by atoms with van der Waals surface area (Å²) in [6.07, 6.45) is 2.30. The maximum atomic E-state index is 13.2. The topological polar surface area (TPSA) is 71.7 Å². The number of para-hydroxylation sites is 1. The van der Waals surface area contributed by atoms with Gasteiger partial charge in [0, 0.05) is 37.5 Å². The first kappa shape index (κ1) is 18.8. The van der Waals surface area contributed by atoms with E-state index in [0.717, 1.165) is 0 Å². The molecule has 6 nitrogen and oxygen atoms in total. The fraction of sp³-hybridized carbons (Fsp3) is 0.333. The summed E-state index contributed by atoms with van der Waals surface area (Å²) in [6.45, 7) is 4.02. The molecule has 0 spiro atoms. The molecule has 2 aromatic rings. The predicted molar refractivity (Wildman–Crippen MR) is 105 cm³/mol. The number of hydrogen-bond acceptors (Lipinski definition) is 3. The van der Waals surface area contributed by atoms with Gasteiger partial charge in [-0.15, -0.1) is 0 Å². The second-order valence-corrected chi connectivity index (χ2v) is 7.85. The molecule has 27 heavy (non-hydrogen) atoms. The second-order valence-electron chi connectivity index (χ2n) is 7.85. The lowest BCUT2D eigenvalue weighted by molar-refractivity contribution is 0.0909. The Labute approximate surface area is 158 Å². The van der Waals surface area contributed by atoms with Crippen LogP contribution < -0.4 is 5.56 Å². The Morgan fingerprint density at radius 1 is 1.15 bits per heavy atom. The lowest BCUT2D eigenvalue weighted by atomic mass is 9.75. The van der Waals surface area contributed by atoms with Gasteiger partial charge in [-0.1, -0.05) is 32.0 Å². The number of amides is 1. The van der Waals surface area contributed by atoms with Gasteiger partial charge in [-0.25, -0.2) is 0 Å². The Morgan fingerprint density at radius 2 is 1.81 bits per heavy atom. The summed E-state index contributed by atoms with van der Waals surface area (Å²) in [5.74, 6) is -0.713. The molecule has 1 aromatic heterocycles. The first-order valence-electron chi connectivity index (χ1n) is 8.82. The second kappa shape index (κ2) is 6.95. The molecular weight excluding hydrogens is 342 g/mol. The van der Waals surface area contributed by atoms with Crippen LogP contribution in [0.1, 0.15) is 46.7 Å². The number of ketones is 1. The summed E-state index contributed by atoms with van der Waals surface area (Å²) in [6, 6.07) is 10.5. The molecule has 140 valence electrons. The molecule has 0 atom stereocenters. The first-order chi connectivity index (χ1) is 12.7. The van der Waals surface area contributed by atoms with E-state index < -0.39 is 11.5 Å². The van der Waals surface area contributed by atoms with Crippen molar-refractivity contribution in [3.8, 4) is 5.69 Å². The number of aromatic nitrogens is 1. The highest BCUT2D eigenvalue weighted by atomic mass is 16.2. The van der Waals surface area contributed by atoms with Gasteiger partial charge in [-0.3, -0.25) is 19.0 Å². The van der Waals surface area contributed by atoms with Crippen LogP contribution in [0.3, 0.4) is 0 Å². The van der Waals surface area contributed by atoms with Crippen molar-refractivity contribution < 1.29 is 9.59 Å². The molecule has 0 bridgehead atoms. The number of Topliss-reactive ketones (excluding diaryl/α,β-unsaturated/α-hetero) is 1. The van der Waals surface area contributed by atoms with Crippen molar-refractivity contribution in [1.82, 2.24) is 9.47 Å². The molecule has 0 N–H and O–H groups in total. The molecule has 0 saturated carbocycles. The van der Waals surface area contributed by atoms with Gasteiger partial charge < -0.3 is 4.90 Å². The SMILES string of the molecule is CN(C)C=NC(=O)c1cc2c(n(-c3ccccc3)c1=O)CC(C)(C)CC2=O. The van der Waals surface area contributed by atoms with E-state index in [1.807, 2.05) is 32.0 Å². The number of benzene rings is 1. The number of carbonyl (C=O) groups excluding carboxylic acids is 2. The van der Waals surface area contributed by atoms with Gasteiger partial charge in [-0.05, 0) is 30.0 Å². The molecule has 0 radical (unpaired) electrons. The van der Waals surface area contributed by atoms with E-state index >= 15 is 0 Å². The third-order valence-electron chi connectivity index (χ3n) is 4.54. The lowest BCUT2D eigenvalue weighted by Crippen LogP contribution is -2.36. The Hall–Kier alpha value is -3.02. The summed E-state index contributed by atoms with van der Waals surface area (Å²) in [7, 11) is 3.47. The van der Waals surface area contributed by atoms with E-state index in [1.165, 1.54) is 17.0 Å². The maximum Gasteiger partial charge on any atom is 0.284 e. The number of nitrogens with zero attached hydrogens (tertiary/aromatic N) is 3. The minimum Gasteiger partial charge on any atom is -0.369 e. The average Bonchev–Trinajstić information content (AvgIpc) is 2.59. The first-order valence-corrected chi connectivity index (χ1v) is 8.82. The van der Waals surface area contributed by atoms with Gasteiger partial charge in [0.2, 0.25) is 0 Å². The Morgan fingerprint density at radius 3 is 2.44 bits per heavy atom. The van der Waals surface area contributed by atoms with Crippen molar-refractivity contribution >= 4 is 18.0 Å². The van der Waals surface area contributed by atoms with Crippen LogP contribution in [0.25, 0.3) is 5.69 Å². The van der Waals surface area contributed by atoms with E-state index in [4.69, 9.17) is 0 Å². The zero-order chi connectivity index (χ0) is 19.8. The highest BCUT2D eigenvalue weighted by Gasteiger charge is 2.34. The zero-order valence-corrected chi connectivity index (χ0v) is 16.0. The van der Waals surface area contributed by atoms with E-state index in [-0.39, 0.29) is 16.8 Å². The van der Waals surface area contributed by atoms with Crippen molar-refractivity contribution in [2.24, 2.45) is 10.4 Å². The molecule has 0 unspecified atom stereocenters. The molecule has 6 heteroatoms. The van der Waals surface area contributed by atoms with E-state index in [2.05, 4.69) is 4.99 Å². The minimum absolute atomic E-state index is 0.0587. The molecule has 3 rings (SSSR count). The highest BCUT2D eigenvalue weighted by molar-refractivity contribution is 6.03. The quantitative estimate of drug-likeness (QED) is 0.619. The fourth-order valence-corrected chi connectivity index (χ4v) is 3.36. The van der Waals surface area contributed by atoms with Crippen LogP contribution in [0.5, 0.6) is 0 Å². The number of aliphatic imine (C=N–C) groups is 1. The monoisotopic (exact) mass is 365 g/mol. The van der Waals surface area contributed by atoms with Gasteiger partial charge >= 0.3 is 0 Å². The van der Waals surface area contributed by atoms with Gasteiger partial charge in [0.05, 0.1) is 6.34 Å². The van der Waals surface area contributed by atoms with Crippen LogP contribution in [-0.4, -0.2) is 41.6 Å². The highest BCUT2D eigenvalue weighted by Crippen LogP contribution is 2.35. The molecule has 1 aromatic carbocycles. The largest absolute Gasteiger partial charge is 0.369 e. The van der Waals surface area contributed by atoms with Gasteiger partial charge in [0.25, 0.3) is 11.5 Å². The number of fused-ring (bicyclic) bond motifs is 1. The van der Waals surface area contributed by atoms with Crippen LogP contribution in [0.15, 0.2) is 46.2 Å². The third kappa shape index (κ3) is 3.74. The molecule has 1 aliphatic carbocycles. The Kier molecular flexibility index (Phi) is 4.83. The number of pyridine rings is 1. The average molecular weight is 365 g/mol. The summed E-state index contributed by atoms with van der Waals surface area (Å²) < 4.78 is 1.49. The molecular formula is C21H23N3O3. The lowest BCUT2D eigenvalue weighted by Gasteiger charge is -2.32. The Balaban J connectivity index is 2.29. The van der Waals surface area contributed by atoms with E-state index in [9.17, 15) is 14.4 Å². The van der Waals surface area contributed by atoms with Crippen LogP contribution >= 0.6 is 0 Å². The summed E-state index contributed by atoms with van der Waals surface area (Å²) >= 11 is 0. The van der Waals surface area contributed by atoms with Crippen LogP contribution in [0.2, 0.25) is 0 Å². The van der Waals surface area contributed by atoms with Gasteiger partial charge in [-0.2, -0.15) is 4.99 Å². The maximum absolute atomic E-state index is 13.2. The van der Waals surface area contributed by atoms with E-state index in [0.29, 0.717) is 29.8 Å². The fourth-order valence-electron chi connectivity index (χ4n) is 3.36. The molecule has 1 amide bonds. The van der Waals surface area contributed by atoms with Crippen LogP contribution in [0.4, 0.5) is 0 Å². The third-order valence-corrected chi connectivity index (χ3v) is 4.54. The summed E-state index contributed by atoms with van der Waals surface area (Å²) in [5.41, 5.74) is 0.925. The van der Waals surface area contributed by atoms with Crippen molar-refractivity contribution in [2.45, 2.75) is 26.7 Å². The standard InChI is InChI=1S/C21H23N3O3/c1-21(2)11-17-15(18(25)12-21)10-16(19(26)22-13-23(3)4)20(27)24(17)14-8-6-5-7-9-14/h5-10,13H,11-12H2,1-4H3. The summed E-state index contributed by atoms with van der Waals surface area (Å²) in [5, 5.41) is 0. The number of hydrogen-bond donors (Lipinski definition) is 0. The van der Waals surface area contributed by atoms with Crippen molar-refractivity contribution in [1.29, 1.82) is 0 Å². The van der Waals surface area contributed by atoms with Crippen molar-refractivity contribution in [2.75, 3.05) is 14.1 Å². The van der Waals surface area contributed by atoms with Crippen LogP contribution in [0, 0.1) is 5.41 Å². The smallest absolute Gasteiger partial charge is 0.284 e. The molecule has 0 fully saturated rings. The summed E-state index contributed by atoms with van der Waals surface area (Å²) in [4.78, 5) is 43.9. The number of carbonyl (C=O) groups is 2. The minimum atomic E-state index is -0.654. The van der Waals surface area contributed by atoms with Gasteiger partial charge in [0.1, 0.15) is 5.56 Å². The van der Waals surface area contributed by atoms with Crippen LogP contribution in [-0.2, 0) is 6.42 Å². The predicted octanol–water partition coefficient (Wildman–Crippen LogP) is 2.72. The molecule has 0 saturated heterocycles. The molecule has 0 aliphatic heterocycles. The number of rotatable bonds is 3. The molecule has 1 aliphatic rings. The molecule has 1 heterocycles. The Bertz CT molecular complexity index is 986. The zero-order valence-electron chi connectivity index (χ0n) is 16.0. The van der Waals surface area contributed by atoms with Crippen molar-refractivity contribution in [3.63, 3.8) is 0 Å². The van der Waals surface area contributed by atoms with E-state index in [1.54, 1.807) is 31.1 Å².